The molecule has 2 N–H and O–H groups in total. The van der Waals surface area contributed by atoms with Crippen molar-refractivity contribution in [3.05, 3.63) is 0 Å². The molecule has 1 aliphatic carbocycles. The molecule has 0 amide bonds. The Kier molecular flexibility index (Phi) is 13.0. The van der Waals surface area contributed by atoms with Crippen molar-refractivity contribution in [2.24, 2.45) is 10.9 Å². The fraction of sp³-hybridized carbons (Fsp3) is 0.944. The van der Waals surface area contributed by atoms with E-state index in [1.54, 1.807) is 7.11 Å². The van der Waals surface area contributed by atoms with Gasteiger partial charge in [0.15, 0.2) is 5.96 Å². The molecule has 0 bridgehead atoms. The third-order valence-electron chi connectivity index (χ3n) is 4.47. The van der Waals surface area contributed by atoms with Gasteiger partial charge in [-0.15, -0.1) is 0 Å². The van der Waals surface area contributed by atoms with E-state index in [4.69, 9.17) is 9.47 Å². The molecule has 0 unspecified atom stereocenters. The quantitative estimate of drug-likeness (QED) is 0.310. The molecule has 0 aromatic carbocycles. The van der Waals surface area contributed by atoms with Crippen LogP contribution in [-0.4, -0.2) is 53.0 Å². The standard InChI is InChI=1S/C18H37N3O2/c1-19-18(21-13-7-8-14-23-16-15-22-2)20-12-6-5-11-17-9-3-4-10-17/h17H,3-16H2,1-2H3,(H2,19,20,21). The second kappa shape index (κ2) is 14.8. The van der Waals surface area contributed by atoms with Crippen molar-refractivity contribution in [3.63, 3.8) is 0 Å². The van der Waals surface area contributed by atoms with Gasteiger partial charge in [0.05, 0.1) is 13.2 Å². The number of unbranched alkanes of at least 4 members (excludes halogenated alkanes) is 2. The minimum Gasteiger partial charge on any atom is -0.382 e. The highest BCUT2D eigenvalue weighted by molar-refractivity contribution is 5.79. The molecule has 136 valence electrons. The summed E-state index contributed by atoms with van der Waals surface area (Å²) in [5, 5.41) is 6.77. The molecular weight excluding hydrogens is 290 g/mol. The molecule has 0 saturated heterocycles. The van der Waals surface area contributed by atoms with Crippen molar-refractivity contribution in [2.45, 2.75) is 57.8 Å². The summed E-state index contributed by atoms with van der Waals surface area (Å²) >= 11 is 0. The van der Waals surface area contributed by atoms with E-state index in [0.29, 0.717) is 13.2 Å². The lowest BCUT2D eigenvalue weighted by atomic mass is 10.0. The number of rotatable bonds is 13. The Morgan fingerprint density at radius 3 is 2.30 bits per heavy atom. The Bertz CT molecular complexity index is 292. The Balaban J connectivity index is 1.87. The molecule has 1 rings (SSSR count). The van der Waals surface area contributed by atoms with Crippen LogP contribution < -0.4 is 10.6 Å². The first-order valence-electron chi connectivity index (χ1n) is 9.38. The van der Waals surface area contributed by atoms with Gasteiger partial charge >= 0.3 is 0 Å². The first-order valence-corrected chi connectivity index (χ1v) is 9.38. The van der Waals surface area contributed by atoms with Gasteiger partial charge in [0, 0.05) is 33.9 Å². The van der Waals surface area contributed by atoms with E-state index >= 15 is 0 Å². The predicted molar refractivity (Wildman–Crippen MR) is 97.1 cm³/mol. The average Bonchev–Trinajstić information content (AvgIpc) is 3.08. The molecule has 0 aromatic heterocycles. The van der Waals surface area contributed by atoms with Gasteiger partial charge in [0.25, 0.3) is 0 Å². The maximum absolute atomic E-state index is 5.44. The molecule has 0 heterocycles. The summed E-state index contributed by atoms with van der Waals surface area (Å²) in [6.45, 7) is 4.13. The molecule has 5 nitrogen and oxygen atoms in total. The maximum Gasteiger partial charge on any atom is 0.190 e. The monoisotopic (exact) mass is 327 g/mol. The fourth-order valence-electron chi connectivity index (χ4n) is 3.06. The minimum absolute atomic E-state index is 0.676. The zero-order valence-corrected chi connectivity index (χ0v) is 15.2. The summed E-state index contributed by atoms with van der Waals surface area (Å²) in [6, 6.07) is 0. The second-order valence-electron chi connectivity index (χ2n) is 6.38. The fourth-order valence-corrected chi connectivity index (χ4v) is 3.06. The lowest BCUT2D eigenvalue weighted by Crippen LogP contribution is -2.38. The van der Waals surface area contributed by atoms with Crippen molar-refractivity contribution < 1.29 is 9.47 Å². The minimum atomic E-state index is 0.676. The van der Waals surface area contributed by atoms with Crippen molar-refractivity contribution >= 4 is 5.96 Å². The zero-order chi connectivity index (χ0) is 16.6. The first-order chi connectivity index (χ1) is 11.4. The third kappa shape index (κ3) is 11.4. The summed E-state index contributed by atoms with van der Waals surface area (Å²) in [5.74, 6) is 1.93. The van der Waals surface area contributed by atoms with Crippen LogP contribution in [0.15, 0.2) is 4.99 Å². The van der Waals surface area contributed by atoms with Crippen molar-refractivity contribution in [2.75, 3.05) is 47.1 Å². The van der Waals surface area contributed by atoms with Crippen LogP contribution in [0.3, 0.4) is 0 Å². The molecule has 1 fully saturated rings. The second-order valence-corrected chi connectivity index (χ2v) is 6.38. The van der Waals surface area contributed by atoms with Crippen LogP contribution in [0.4, 0.5) is 0 Å². The summed E-state index contributed by atoms with van der Waals surface area (Å²) < 4.78 is 10.4. The van der Waals surface area contributed by atoms with Crippen molar-refractivity contribution in [1.82, 2.24) is 10.6 Å². The number of methoxy groups -OCH3 is 1. The Morgan fingerprint density at radius 1 is 0.957 bits per heavy atom. The molecule has 0 atom stereocenters. The largest absolute Gasteiger partial charge is 0.382 e. The molecular formula is C18H37N3O2. The third-order valence-corrected chi connectivity index (χ3v) is 4.47. The molecule has 0 aromatic rings. The van der Waals surface area contributed by atoms with Gasteiger partial charge < -0.3 is 20.1 Å². The average molecular weight is 328 g/mol. The summed E-state index contributed by atoms with van der Waals surface area (Å²) in [7, 11) is 3.53. The number of aliphatic imine (C=N–C) groups is 1. The van der Waals surface area contributed by atoms with Crippen LogP contribution in [0.5, 0.6) is 0 Å². The van der Waals surface area contributed by atoms with Crippen molar-refractivity contribution in [1.29, 1.82) is 0 Å². The van der Waals surface area contributed by atoms with Crippen LogP contribution in [0.25, 0.3) is 0 Å². The van der Waals surface area contributed by atoms with Gasteiger partial charge in [-0.1, -0.05) is 38.5 Å². The molecule has 5 heteroatoms. The van der Waals surface area contributed by atoms with Gasteiger partial charge in [-0.3, -0.25) is 4.99 Å². The van der Waals surface area contributed by atoms with E-state index in [9.17, 15) is 0 Å². The number of guanidine groups is 1. The highest BCUT2D eigenvalue weighted by Gasteiger charge is 2.13. The SMILES string of the molecule is CN=C(NCCCCOCCOC)NCCCCC1CCCC1. The first kappa shape index (κ1) is 20.2. The van der Waals surface area contributed by atoms with Crippen LogP contribution in [-0.2, 0) is 9.47 Å². The van der Waals surface area contributed by atoms with Crippen LogP contribution in [0, 0.1) is 5.92 Å². The van der Waals surface area contributed by atoms with Crippen LogP contribution in [0.2, 0.25) is 0 Å². The van der Waals surface area contributed by atoms with Gasteiger partial charge in [-0.05, 0) is 25.2 Å². The van der Waals surface area contributed by atoms with Gasteiger partial charge in [0.2, 0.25) is 0 Å². The molecule has 0 spiro atoms. The molecule has 0 aliphatic heterocycles. The van der Waals surface area contributed by atoms with Crippen LogP contribution >= 0.6 is 0 Å². The number of ether oxygens (including phenoxy) is 2. The summed E-state index contributed by atoms with van der Waals surface area (Å²) in [4.78, 5) is 4.27. The van der Waals surface area contributed by atoms with E-state index in [1.165, 1.54) is 44.9 Å². The number of nitrogens with one attached hydrogen (secondary N) is 2. The lowest BCUT2D eigenvalue weighted by molar-refractivity contribution is 0.0689. The van der Waals surface area contributed by atoms with E-state index in [0.717, 1.165) is 44.4 Å². The van der Waals surface area contributed by atoms with Gasteiger partial charge in [-0.25, -0.2) is 0 Å². The zero-order valence-electron chi connectivity index (χ0n) is 15.2. The van der Waals surface area contributed by atoms with Gasteiger partial charge in [0.1, 0.15) is 0 Å². The Morgan fingerprint density at radius 2 is 1.65 bits per heavy atom. The molecule has 0 radical (unpaired) electrons. The molecule has 23 heavy (non-hydrogen) atoms. The summed E-state index contributed by atoms with van der Waals surface area (Å²) in [6.07, 6.45) is 12.0. The van der Waals surface area contributed by atoms with E-state index in [1.807, 2.05) is 7.05 Å². The van der Waals surface area contributed by atoms with Crippen molar-refractivity contribution in [3.8, 4) is 0 Å². The predicted octanol–water partition coefficient (Wildman–Crippen LogP) is 2.96. The topological polar surface area (TPSA) is 54.9 Å². The number of nitrogens with zero attached hydrogens (tertiary/aromatic N) is 1. The molecule has 1 saturated carbocycles. The van der Waals surface area contributed by atoms with E-state index in [2.05, 4.69) is 15.6 Å². The normalized spacial score (nSPS) is 16.0. The van der Waals surface area contributed by atoms with E-state index < -0.39 is 0 Å². The number of hydrogen-bond donors (Lipinski definition) is 2. The Hall–Kier alpha value is -0.810. The van der Waals surface area contributed by atoms with E-state index in [-0.39, 0.29) is 0 Å². The lowest BCUT2D eigenvalue weighted by Gasteiger charge is -2.12. The highest BCUT2D eigenvalue weighted by Crippen LogP contribution is 2.28. The summed E-state index contributed by atoms with van der Waals surface area (Å²) in [5.41, 5.74) is 0. The maximum atomic E-state index is 5.44. The number of hydrogen-bond acceptors (Lipinski definition) is 3. The smallest absolute Gasteiger partial charge is 0.190 e. The highest BCUT2D eigenvalue weighted by atomic mass is 16.5. The Labute approximate surface area is 142 Å². The molecule has 1 aliphatic rings. The van der Waals surface area contributed by atoms with Crippen LogP contribution in [0.1, 0.15) is 57.8 Å². The van der Waals surface area contributed by atoms with Gasteiger partial charge in [-0.2, -0.15) is 0 Å².